The van der Waals surface area contributed by atoms with Gasteiger partial charge in [0.05, 0.1) is 23.4 Å². The number of aromatic nitrogens is 1. The van der Waals surface area contributed by atoms with Gasteiger partial charge in [0.2, 0.25) is 5.88 Å². The number of rotatable bonds is 4. The van der Waals surface area contributed by atoms with Crippen LogP contribution in [0, 0.1) is 6.92 Å². The van der Waals surface area contributed by atoms with Crippen molar-refractivity contribution in [2.24, 2.45) is 0 Å². The standard InChI is InChI=1S/C11H13N3O4S/c1-7-5-11(18-13-7)14-19(15,16)8-3-4-9(12)10(6-8)17-2/h3-6,14H,12H2,1-2H3. The van der Waals surface area contributed by atoms with Gasteiger partial charge in [-0.1, -0.05) is 5.16 Å². The molecule has 0 fully saturated rings. The fraction of sp³-hybridized carbons (Fsp3) is 0.182. The van der Waals surface area contributed by atoms with Crippen molar-refractivity contribution in [3.63, 3.8) is 0 Å². The third-order valence-corrected chi connectivity index (χ3v) is 3.72. The second-order valence-electron chi connectivity index (χ2n) is 3.84. The Kier molecular flexibility index (Phi) is 3.34. The lowest BCUT2D eigenvalue weighted by atomic mass is 10.3. The Labute approximate surface area is 110 Å². The van der Waals surface area contributed by atoms with Gasteiger partial charge in [0.1, 0.15) is 5.75 Å². The van der Waals surface area contributed by atoms with Crippen molar-refractivity contribution in [2.75, 3.05) is 17.6 Å². The lowest BCUT2D eigenvalue weighted by Gasteiger charge is -2.08. The summed E-state index contributed by atoms with van der Waals surface area (Å²) in [6, 6.07) is 5.65. The fourth-order valence-electron chi connectivity index (χ4n) is 1.46. The molecule has 2 aromatic rings. The van der Waals surface area contributed by atoms with Gasteiger partial charge in [0.25, 0.3) is 10.0 Å². The zero-order chi connectivity index (χ0) is 14.0. The van der Waals surface area contributed by atoms with Gasteiger partial charge in [0.15, 0.2) is 0 Å². The van der Waals surface area contributed by atoms with Crippen molar-refractivity contribution < 1.29 is 17.7 Å². The molecule has 0 atom stereocenters. The smallest absolute Gasteiger partial charge is 0.264 e. The first kappa shape index (κ1) is 13.2. The van der Waals surface area contributed by atoms with Gasteiger partial charge in [-0.15, -0.1) is 0 Å². The van der Waals surface area contributed by atoms with Crippen molar-refractivity contribution >= 4 is 21.6 Å². The van der Waals surface area contributed by atoms with Crippen molar-refractivity contribution in [1.82, 2.24) is 5.16 Å². The second-order valence-corrected chi connectivity index (χ2v) is 5.52. The highest BCUT2D eigenvalue weighted by Crippen LogP contribution is 2.26. The third kappa shape index (κ3) is 2.79. The van der Waals surface area contributed by atoms with Crippen molar-refractivity contribution in [2.45, 2.75) is 11.8 Å². The summed E-state index contributed by atoms with van der Waals surface area (Å²) >= 11 is 0. The Morgan fingerprint density at radius 2 is 2.11 bits per heavy atom. The molecule has 0 aliphatic rings. The van der Waals surface area contributed by atoms with E-state index >= 15 is 0 Å². The van der Waals surface area contributed by atoms with Crippen LogP contribution in [-0.4, -0.2) is 20.7 Å². The maximum Gasteiger partial charge on any atom is 0.264 e. The molecule has 0 bridgehead atoms. The Morgan fingerprint density at radius 1 is 1.37 bits per heavy atom. The summed E-state index contributed by atoms with van der Waals surface area (Å²) in [5.74, 6) is 0.338. The van der Waals surface area contributed by atoms with Crippen molar-refractivity contribution in [3.8, 4) is 5.75 Å². The highest BCUT2D eigenvalue weighted by Gasteiger charge is 2.18. The van der Waals surface area contributed by atoms with E-state index in [0.717, 1.165) is 0 Å². The van der Waals surface area contributed by atoms with Crippen LogP contribution in [0.25, 0.3) is 0 Å². The molecule has 3 N–H and O–H groups in total. The third-order valence-electron chi connectivity index (χ3n) is 2.38. The zero-order valence-electron chi connectivity index (χ0n) is 10.4. The minimum atomic E-state index is -3.77. The number of nitrogens with one attached hydrogen (secondary N) is 1. The topological polar surface area (TPSA) is 107 Å². The molecule has 1 aromatic heterocycles. The fourth-order valence-corrected chi connectivity index (χ4v) is 2.45. The van der Waals surface area contributed by atoms with E-state index in [2.05, 4.69) is 9.88 Å². The van der Waals surface area contributed by atoms with Gasteiger partial charge < -0.3 is 15.0 Å². The highest BCUT2D eigenvalue weighted by atomic mass is 32.2. The summed E-state index contributed by atoms with van der Waals surface area (Å²) in [7, 11) is -2.36. The highest BCUT2D eigenvalue weighted by molar-refractivity contribution is 7.92. The maximum absolute atomic E-state index is 12.1. The predicted octanol–water partition coefficient (Wildman–Crippen LogP) is 1.37. The average Bonchev–Trinajstić information content (AvgIpc) is 2.74. The molecule has 102 valence electrons. The average molecular weight is 283 g/mol. The van der Waals surface area contributed by atoms with Crippen LogP contribution >= 0.6 is 0 Å². The maximum atomic E-state index is 12.1. The molecule has 0 aliphatic heterocycles. The Balaban J connectivity index is 2.34. The molecule has 19 heavy (non-hydrogen) atoms. The lowest BCUT2D eigenvalue weighted by Crippen LogP contribution is -2.12. The molecular formula is C11H13N3O4S. The van der Waals surface area contributed by atoms with Gasteiger partial charge in [-0.2, -0.15) is 0 Å². The number of anilines is 2. The largest absolute Gasteiger partial charge is 0.495 e. The zero-order valence-corrected chi connectivity index (χ0v) is 11.2. The Morgan fingerprint density at radius 3 is 2.68 bits per heavy atom. The SMILES string of the molecule is COc1cc(S(=O)(=O)Nc2cc(C)no2)ccc1N. The molecule has 1 heterocycles. The van der Waals surface area contributed by atoms with Crippen LogP contribution in [0.2, 0.25) is 0 Å². The molecule has 0 radical (unpaired) electrons. The van der Waals surface area contributed by atoms with E-state index in [9.17, 15) is 8.42 Å². The van der Waals surface area contributed by atoms with E-state index < -0.39 is 10.0 Å². The van der Waals surface area contributed by atoms with Gasteiger partial charge >= 0.3 is 0 Å². The number of benzene rings is 1. The van der Waals surface area contributed by atoms with Gasteiger partial charge in [0, 0.05) is 12.1 Å². The van der Waals surface area contributed by atoms with Crippen LogP contribution in [0.1, 0.15) is 5.69 Å². The molecule has 0 amide bonds. The van der Waals surface area contributed by atoms with Crippen LogP contribution in [0.5, 0.6) is 5.75 Å². The molecule has 0 spiro atoms. The number of nitrogen functional groups attached to an aromatic ring is 1. The summed E-state index contributed by atoms with van der Waals surface area (Å²) in [6.07, 6.45) is 0. The molecule has 0 unspecified atom stereocenters. The molecule has 0 saturated heterocycles. The normalized spacial score (nSPS) is 11.3. The molecular weight excluding hydrogens is 270 g/mol. The number of nitrogens with two attached hydrogens (primary N) is 1. The lowest BCUT2D eigenvalue weighted by molar-refractivity contribution is 0.415. The summed E-state index contributed by atoms with van der Waals surface area (Å²) in [5, 5.41) is 3.60. The number of methoxy groups -OCH3 is 1. The second kappa shape index (κ2) is 4.81. The van der Waals surface area contributed by atoms with E-state index in [1.54, 1.807) is 6.92 Å². The van der Waals surface area contributed by atoms with E-state index in [4.69, 9.17) is 15.0 Å². The Hall–Kier alpha value is -2.22. The number of hydrogen-bond acceptors (Lipinski definition) is 6. The summed E-state index contributed by atoms with van der Waals surface area (Å²) in [6.45, 7) is 1.69. The van der Waals surface area contributed by atoms with Crippen LogP contribution in [0.15, 0.2) is 33.7 Å². The first-order valence-electron chi connectivity index (χ1n) is 5.32. The molecule has 0 aliphatic carbocycles. The monoisotopic (exact) mass is 283 g/mol. The molecule has 1 aromatic carbocycles. The van der Waals surface area contributed by atoms with E-state index in [1.807, 2.05) is 0 Å². The van der Waals surface area contributed by atoms with E-state index in [0.29, 0.717) is 11.4 Å². The Bertz CT molecular complexity index is 694. The van der Waals surface area contributed by atoms with Gasteiger partial charge in [-0.3, -0.25) is 0 Å². The molecule has 0 saturated carbocycles. The first-order valence-corrected chi connectivity index (χ1v) is 6.80. The summed E-state index contributed by atoms with van der Waals surface area (Å²) in [5.41, 5.74) is 6.57. The molecule has 8 heteroatoms. The predicted molar refractivity (Wildman–Crippen MR) is 69.5 cm³/mol. The van der Waals surface area contributed by atoms with Crippen LogP contribution < -0.4 is 15.2 Å². The van der Waals surface area contributed by atoms with Crippen LogP contribution in [0.3, 0.4) is 0 Å². The van der Waals surface area contributed by atoms with Gasteiger partial charge in [-0.25, -0.2) is 13.1 Å². The summed E-state index contributed by atoms with van der Waals surface area (Å²) in [4.78, 5) is 0.0209. The summed E-state index contributed by atoms with van der Waals surface area (Å²) < 4.78 is 36.3. The number of hydrogen-bond donors (Lipinski definition) is 2. The van der Waals surface area contributed by atoms with Crippen molar-refractivity contribution in [3.05, 3.63) is 30.0 Å². The van der Waals surface area contributed by atoms with E-state index in [1.165, 1.54) is 31.4 Å². The first-order chi connectivity index (χ1) is 8.92. The number of ether oxygens (including phenoxy) is 1. The number of nitrogens with zero attached hydrogens (tertiary/aromatic N) is 1. The molecule has 7 nitrogen and oxygen atoms in total. The minimum absolute atomic E-state index is 0.0209. The van der Waals surface area contributed by atoms with Crippen LogP contribution in [0.4, 0.5) is 11.6 Å². The van der Waals surface area contributed by atoms with Gasteiger partial charge in [-0.05, 0) is 19.1 Å². The van der Waals surface area contributed by atoms with Crippen LogP contribution in [-0.2, 0) is 10.0 Å². The molecule has 2 rings (SSSR count). The van der Waals surface area contributed by atoms with Crippen molar-refractivity contribution in [1.29, 1.82) is 0 Å². The quantitative estimate of drug-likeness (QED) is 0.821. The number of sulfonamides is 1. The number of aryl methyl sites for hydroxylation is 1. The van der Waals surface area contributed by atoms with E-state index in [-0.39, 0.29) is 16.5 Å². The minimum Gasteiger partial charge on any atom is -0.495 e.